The molecule has 0 radical (unpaired) electrons. The first-order chi connectivity index (χ1) is 9.60. The topological polar surface area (TPSA) is 47.0 Å². The Bertz CT molecular complexity index is 602. The number of aryl methyl sites for hydroxylation is 2. The zero-order chi connectivity index (χ0) is 14.5. The minimum atomic E-state index is -0.369. The lowest BCUT2D eigenvalue weighted by molar-refractivity contribution is 0.423. The summed E-state index contributed by atoms with van der Waals surface area (Å²) in [5.74, 6) is 1.40. The lowest BCUT2D eigenvalue weighted by Gasteiger charge is -2.10. The molecule has 106 valence electrons. The van der Waals surface area contributed by atoms with E-state index in [0.29, 0.717) is 23.1 Å². The number of anilines is 1. The average molecular weight is 275 g/mol. The van der Waals surface area contributed by atoms with Crippen LogP contribution < -0.4 is 10.1 Å². The van der Waals surface area contributed by atoms with Crippen molar-refractivity contribution in [3.8, 4) is 11.6 Å². The van der Waals surface area contributed by atoms with Crippen molar-refractivity contribution in [2.45, 2.75) is 27.2 Å². The first kappa shape index (κ1) is 14.2. The second-order valence-corrected chi connectivity index (χ2v) is 4.55. The number of ether oxygens (including phenoxy) is 1. The summed E-state index contributed by atoms with van der Waals surface area (Å²) in [5.41, 5.74) is 0.539. The molecule has 1 heterocycles. The van der Waals surface area contributed by atoms with Gasteiger partial charge in [-0.05, 0) is 31.9 Å². The van der Waals surface area contributed by atoms with E-state index in [1.807, 2.05) is 0 Å². The van der Waals surface area contributed by atoms with Crippen molar-refractivity contribution in [3.05, 3.63) is 41.5 Å². The van der Waals surface area contributed by atoms with E-state index in [1.165, 1.54) is 0 Å². The van der Waals surface area contributed by atoms with E-state index in [4.69, 9.17) is 4.74 Å². The summed E-state index contributed by atoms with van der Waals surface area (Å²) in [6.07, 6.45) is 0.992. The highest BCUT2D eigenvalue weighted by atomic mass is 19.1. The molecule has 0 spiro atoms. The molecule has 1 N–H and O–H groups in total. The molecule has 0 amide bonds. The number of nitrogens with one attached hydrogen (secondary N) is 1. The van der Waals surface area contributed by atoms with Gasteiger partial charge in [0.1, 0.15) is 11.6 Å². The summed E-state index contributed by atoms with van der Waals surface area (Å²) in [6, 6.07) is 6.70. The van der Waals surface area contributed by atoms with E-state index in [0.717, 1.165) is 13.0 Å². The fraction of sp³-hybridized carbons (Fsp3) is 0.333. The fourth-order valence-corrected chi connectivity index (χ4v) is 1.75. The van der Waals surface area contributed by atoms with E-state index in [1.54, 1.807) is 38.1 Å². The number of nitrogens with zero attached hydrogens (tertiary/aromatic N) is 2. The normalized spacial score (nSPS) is 10.4. The molecule has 2 rings (SSSR count). The smallest absolute Gasteiger partial charge is 0.224 e. The van der Waals surface area contributed by atoms with Crippen LogP contribution >= 0.6 is 0 Å². The van der Waals surface area contributed by atoms with Crippen LogP contribution in [0.2, 0.25) is 0 Å². The summed E-state index contributed by atoms with van der Waals surface area (Å²) in [4.78, 5) is 8.42. The zero-order valence-electron chi connectivity index (χ0n) is 11.9. The van der Waals surface area contributed by atoms with E-state index >= 15 is 0 Å². The number of aromatic nitrogens is 2. The van der Waals surface area contributed by atoms with Crippen LogP contribution in [0.5, 0.6) is 11.6 Å². The van der Waals surface area contributed by atoms with Gasteiger partial charge in [-0.1, -0.05) is 19.1 Å². The van der Waals surface area contributed by atoms with Crippen molar-refractivity contribution in [2.24, 2.45) is 0 Å². The largest absolute Gasteiger partial charge is 0.436 e. The Kier molecular flexibility index (Phi) is 4.50. The van der Waals surface area contributed by atoms with Gasteiger partial charge in [0.2, 0.25) is 5.88 Å². The van der Waals surface area contributed by atoms with Gasteiger partial charge in [-0.3, -0.25) is 0 Å². The van der Waals surface area contributed by atoms with Gasteiger partial charge >= 0.3 is 0 Å². The summed E-state index contributed by atoms with van der Waals surface area (Å²) in [5, 5.41) is 3.16. The average Bonchev–Trinajstić information content (AvgIpc) is 2.41. The lowest BCUT2D eigenvalue weighted by atomic mass is 10.2. The molecule has 0 aliphatic carbocycles. The molecule has 0 unspecified atom stereocenters. The highest BCUT2D eigenvalue weighted by Crippen LogP contribution is 2.26. The van der Waals surface area contributed by atoms with Gasteiger partial charge in [0.15, 0.2) is 11.6 Å². The Morgan fingerprint density at radius 1 is 1.25 bits per heavy atom. The molecule has 1 aromatic heterocycles. The third-order valence-corrected chi connectivity index (χ3v) is 2.74. The SMILES string of the molecule is CCCNc1cc(Oc2cccc(C)c2F)nc(C)n1. The van der Waals surface area contributed by atoms with E-state index in [-0.39, 0.29) is 11.6 Å². The maximum Gasteiger partial charge on any atom is 0.224 e. The van der Waals surface area contributed by atoms with Crippen LogP contribution in [-0.4, -0.2) is 16.5 Å². The predicted molar refractivity (Wildman–Crippen MR) is 76.8 cm³/mol. The maximum atomic E-state index is 13.9. The molecule has 0 fully saturated rings. The monoisotopic (exact) mass is 275 g/mol. The van der Waals surface area contributed by atoms with Gasteiger partial charge in [0.05, 0.1) is 0 Å². The van der Waals surface area contributed by atoms with Crippen molar-refractivity contribution in [3.63, 3.8) is 0 Å². The Morgan fingerprint density at radius 3 is 2.80 bits per heavy atom. The molecule has 0 saturated carbocycles. The number of halogens is 1. The lowest BCUT2D eigenvalue weighted by Crippen LogP contribution is -2.04. The molecular weight excluding hydrogens is 257 g/mol. The third kappa shape index (κ3) is 3.44. The van der Waals surface area contributed by atoms with Crippen molar-refractivity contribution < 1.29 is 9.13 Å². The summed E-state index contributed by atoms with van der Waals surface area (Å²) in [7, 11) is 0. The van der Waals surface area contributed by atoms with Crippen LogP contribution in [0.3, 0.4) is 0 Å². The van der Waals surface area contributed by atoms with Gasteiger partial charge in [-0.15, -0.1) is 0 Å². The van der Waals surface area contributed by atoms with Gasteiger partial charge in [-0.2, -0.15) is 4.98 Å². The van der Waals surface area contributed by atoms with Crippen LogP contribution in [0, 0.1) is 19.7 Å². The quantitative estimate of drug-likeness (QED) is 0.900. The van der Waals surface area contributed by atoms with E-state index in [9.17, 15) is 4.39 Å². The first-order valence-electron chi connectivity index (χ1n) is 6.62. The molecule has 2 aromatic rings. The molecule has 0 atom stereocenters. The van der Waals surface area contributed by atoms with Crippen LogP contribution in [0.15, 0.2) is 24.3 Å². The van der Waals surface area contributed by atoms with Crippen molar-refractivity contribution >= 4 is 5.82 Å². The number of benzene rings is 1. The van der Waals surface area contributed by atoms with Crippen molar-refractivity contribution in [1.29, 1.82) is 0 Å². The molecule has 5 heteroatoms. The minimum Gasteiger partial charge on any atom is -0.436 e. The van der Waals surface area contributed by atoms with Gasteiger partial charge < -0.3 is 10.1 Å². The number of hydrogen-bond donors (Lipinski definition) is 1. The van der Waals surface area contributed by atoms with Crippen molar-refractivity contribution in [2.75, 3.05) is 11.9 Å². The number of rotatable bonds is 5. The molecular formula is C15H18FN3O. The summed E-state index contributed by atoms with van der Waals surface area (Å²) >= 11 is 0. The predicted octanol–water partition coefficient (Wildman–Crippen LogP) is 3.85. The van der Waals surface area contributed by atoms with Gasteiger partial charge in [-0.25, -0.2) is 9.37 Å². The highest BCUT2D eigenvalue weighted by Gasteiger charge is 2.09. The van der Waals surface area contributed by atoms with Crippen LogP contribution in [0.25, 0.3) is 0 Å². The molecule has 20 heavy (non-hydrogen) atoms. The Hall–Kier alpha value is -2.17. The second-order valence-electron chi connectivity index (χ2n) is 4.55. The Balaban J connectivity index is 2.24. The Labute approximate surface area is 118 Å². The maximum absolute atomic E-state index is 13.9. The molecule has 4 nitrogen and oxygen atoms in total. The molecule has 0 saturated heterocycles. The van der Waals surface area contributed by atoms with Crippen LogP contribution in [0.4, 0.5) is 10.2 Å². The fourth-order valence-electron chi connectivity index (χ4n) is 1.75. The zero-order valence-corrected chi connectivity index (χ0v) is 11.9. The van der Waals surface area contributed by atoms with Crippen LogP contribution in [0.1, 0.15) is 24.7 Å². The first-order valence-corrected chi connectivity index (χ1v) is 6.62. The molecule has 0 bridgehead atoms. The Morgan fingerprint density at radius 2 is 2.05 bits per heavy atom. The standard InChI is InChI=1S/C15H18FN3O/c1-4-8-17-13-9-14(19-11(3)18-13)20-12-7-5-6-10(2)15(12)16/h5-7,9H,4,8H2,1-3H3,(H,17,18,19). The summed E-state index contributed by atoms with van der Waals surface area (Å²) < 4.78 is 19.4. The highest BCUT2D eigenvalue weighted by molar-refractivity contribution is 5.40. The molecule has 1 aromatic carbocycles. The second kappa shape index (κ2) is 6.32. The van der Waals surface area contributed by atoms with Gasteiger partial charge in [0, 0.05) is 12.6 Å². The molecule has 0 aliphatic rings. The number of hydrogen-bond acceptors (Lipinski definition) is 4. The van der Waals surface area contributed by atoms with Gasteiger partial charge in [0.25, 0.3) is 0 Å². The van der Waals surface area contributed by atoms with Crippen molar-refractivity contribution in [1.82, 2.24) is 9.97 Å². The van der Waals surface area contributed by atoms with E-state index in [2.05, 4.69) is 22.2 Å². The minimum absolute atomic E-state index is 0.171. The summed E-state index contributed by atoms with van der Waals surface area (Å²) in [6.45, 7) is 6.35. The van der Waals surface area contributed by atoms with E-state index < -0.39 is 0 Å². The molecule has 0 aliphatic heterocycles. The van der Waals surface area contributed by atoms with Crippen LogP contribution in [-0.2, 0) is 0 Å². The third-order valence-electron chi connectivity index (χ3n) is 2.74.